The van der Waals surface area contributed by atoms with Gasteiger partial charge in [0.1, 0.15) is 24.8 Å². The van der Waals surface area contributed by atoms with Gasteiger partial charge in [0, 0.05) is 12.1 Å². The van der Waals surface area contributed by atoms with Gasteiger partial charge in [-0.3, -0.25) is 0 Å². The molecule has 3 aromatic rings. The highest BCUT2D eigenvalue weighted by Gasteiger charge is 2.12. The number of terminal acetylenes is 2. The normalized spacial score (nSPS) is 10.1. The molecule has 5 heteroatoms. The van der Waals surface area contributed by atoms with Crippen LogP contribution < -0.4 is 9.13 Å². The highest BCUT2D eigenvalue weighted by atomic mass is 15.2. The molecule has 0 radical (unpaired) electrons. The van der Waals surface area contributed by atoms with Gasteiger partial charge in [0.05, 0.1) is 0 Å². The summed E-state index contributed by atoms with van der Waals surface area (Å²) < 4.78 is 7.70. The first-order valence-electron chi connectivity index (χ1n) is 6.79. The van der Waals surface area contributed by atoms with Crippen LogP contribution in [-0.2, 0) is 13.1 Å². The van der Waals surface area contributed by atoms with E-state index in [-0.39, 0.29) is 0 Å². The van der Waals surface area contributed by atoms with E-state index in [0.29, 0.717) is 13.1 Å². The van der Waals surface area contributed by atoms with Crippen molar-refractivity contribution in [1.29, 1.82) is 0 Å². The zero-order chi connectivity index (χ0) is 15.4. The molecule has 0 aliphatic rings. The first-order valence-corrected chi connectivity index (χ1v) is 6.79. The second kappa shape index (κ2) is 5.99. The Labute approximate surface area is 129 Å². The fourth-order valence-corrected chi connectivity index (χ4v) is 2.16. The van der Waals surface area contributed by atoms with Crippen LogP contribution in [0.3, 0.4) is 0 Å². The SMILES string of the molecule is C#CC[n+]1ccn(-c2cccc(-n3cc[n+](CC#C)c3)n2)c1. The topological polar surface area (TPSA) is 30.5 Å². The van der Waals surface area contributed by atoms with Crippen molar-refractivity contribution in [3.63, 3.8) is 0 Å². The summed E-state index contributed by atoms with van der Waals surface area (Å²) in [7, 11) is 0. The van der Waals surface area contributed by atoms with Crippen molar-refractivity contribution in [1.82, 2.24) is 14.1 Å². The number of rotatable bonds is 4. The number of hydrogen-bond donors (Lipinski definition) is 0. The van der Waals surface area contributed by atoms with E-state index in [1.54, 1.807) is 0 Å². The monoisotopic (exact) mass is 289 g/mol. The lowest BCUT2D eigenvalue weighted by atomic mass is 10.4. The van der Waals surface area contributed by atoms with Gasteiger partial charge in [-0.1, -0.05) is 17.9 Å². The molecule has 0 spiro atoms. The van der Waals surface area contributed by atoms with Crippen molar-refractivity contribution in [3.05, 3.63) is 55.6 Å². The molecule has 0 N–H and O–H groups in total. The quantitative estimate of drug-likeness (QED) is 0.508. The van der Waals surface area contributed by atoms with E-state index in [1.165, 1.54) is 0 Å². The number of hydrogen-bond acceptors (Lipinski definition) is 1. The van der Waals surface area contributed by atoms with E-state index in [1.807, 2.05) is 73.9 Å². The van der Waals surface area contributed by atoms with Gasteiger partial charge in [-0.25, -0.2) is 9.13 Å². The Kier molecular flexibility index (Phi) is 3.72. The Hall–Kier alpha value is -3.31. The summed E-state index contributed by atoms with van der Waals surface area (Å²) in [5, 5.41) is 0. The van der Waals surface area contributed by atoms with Crippen molar-refractivity contribution < 1.29 is 9.13 Å². The average Bonchev–Trinajstić information content (AvgIpc) is 3.18. The Bertz CT molecular complexity index is 803. The van der Waals surface area contributed by atoms with Crippen LogP contribution in [0.2, 0.25) is 0 Å². The molecule has 3 rings (SSSR count). The van der Waals surface area contributed by atoms with Gasteiger partial charge in [-0.05, 0) is 0 Å². The van der Waals surface area contributed by atoms with Gasteiger partial charge in [0.2, 0.25) is 11.6 Å². The molecule has 22 heavy (non-hydrogen) atoms. The molecule has 0 aliphatic carbocycles. The highest BCUT2D eigenvalue weighted by Crippen LogP contribution is 2.08. The maximum atomic E-state index is 5.32. The maximum absolute atomic E-state index is 5.32. The zero-order valence-corrected chi connectivity index (χ0v) is 12.0. The van der Waals surface area contributed by atoms with Crippen molar-refractivity contribution in [2.45, 2.75) is 13.1 Å². The van der Waals surface area contributed by atoms with Crippen LogP contribution in [0.15, 0.2) is 55.6 Å². The minimum atomic E-state index is 0.538. The fourth-order valence-electron chi connectivity index (χ4n) is 2.16. The second-order valence-corrected chi connectivity index (χ2v) is 4.75. The third kappa shape index (κ3) is 2.74. The van der Waals surface area contributed by atoms with Crippen LogP contribution in [0.1, 0.15) is 0 Å². The van der Waals surface area contributed by atoms with Gasteiger partial charge in [0.15, 0.2) is 13.1 Å². The molecule has 0 unspecified atom stereocenters. The third-order valence-corrected chi connectivity index (χ3v) is 3.18. The summed E-state index contributed by atoms with van der Waals surface area (Å²) >= 11 is 0. The predicted molar refractivity (Wildman–Crippen MR) is 80.9 cm³/mol. The van der Waals surface area contributed by atoms with Crippen LogP contribution in [0.25, 0.3) is 11.6 Å². The van der Waals surface area contributed by atoms with Gasteiger partial charge in [0.25, 0.3) is 12.7 Å². The lowest BCUT2D eigenvalue weighted by Gasteiger charge is -1.97. The Morgan fingerprint density at radius 2 is 1.41 bits per heavy atom. The molecular weight excluding hydrogens is 274 g/mol. The summed E-state index contributed by atoms with van der Waals surface area (Å²) in [6, 6.07) is 5.86. The Morgan fingerprint density at radius 1 is 0.909 bits per heavy atom. The molecule has 0 bridgehead atoms. The summed E-state index contributed by atoms with van der Waals surface area (Å²) in [6.07, 6.45) is 22.2. The molecule has 5 nitrogen and oxygen atoms in total. The first-order chi connectivity index (χ1) is 10.8. The molecule has 3 heterocycles. The van der Waals surface area contributed by atoms with Crippen LogP contribution >= 0.6 is 0 Å². The number of aromatic nitrogens is 5. The van der Waals surface area contributed by atoms with Crippen molar-refractivity contribution in [3.8, 4) is 36.3 Å². The molecular formula is C17H15N5+2. The second-order valence-electron chi connectivity index (χ2n) is 4.75. The summed E-state index contributed by atoms with van der Waals surface area (Å²) in [6.45, 7) is 1.08. The fraction of sp³-hybridized carbons (Fsp3) is 0.118. The molecule has 0 saturated carbocycles. The summed E-state index contributed by atoms with van der Waals surface area (Å²) in [4.78, 5) is 4.66. The van der Waals surface area contributed by atoms with Gasteiger partial charge < -0.3 is 0 Å². The van der Waals surface area contributed by atoms with E-state index >= 15 is 0 Å². The smallest absolute Gasteiger partial charge is 0.225 e. The summed E-state index contributed by atoms with van der Waals surface area (Å²) in [5.74, 6) is 6.86. The van der Waals surface area contributed by atoms with Crippen molar-refractivity contribution in [2.24, 2.45) is 0 Å². The van der Waals surface area contributed by atoms with Crippen LogP contribution in [0.5, 0.6) is 0 Å². The summed E-state index contributed by atoms with van der Waals surface area (Å²) in [5.41, 5.74) is 0. The van der Waals surface area contributed by atoms with Crippen molar-refractivity contribution >= 4 is 0 Å². The minimum Gasteiger partial charge on any atom is -0.225 e. The molecule has 3 aromatic heterocycles. The maximum Gasteiger partial charge on any atom is 0.251 e. The van der Waals surface area contributed by atoms with Crippen LogP contribution in [0, 0.1) is 24.7 Å². The minimum absolute atomic E-state index is 0.538. The zero-order valence-electron chi connectivity index (χ0n) is 12.0. The van der Waals surface area contributed by atoms with Gasteiger partial charge >= 0.3 is 0 Å². The molecule has 0 atom stereocenters. The molecule has 0 saturated heterocycles. The van der Waals surface area contributed by atoms with E-state index in [9.17, 15) is 0 Å². The lowest BCUT2D eigenvalue weighted by molar-refractivity contribution is -0.684. The van der Waals surface area contributed by atoms with Crippen LogP contribution in [-0.4, -0.2) is 14.1 Å². The predicted octanol–water partition coefficient (Wildman–Crippen LogP) is 0.504. The highest BCUT2D eigenvalue weighted by molar-refractivity contribution is 5.31. The largest absolute Gasteiger partial charge is 0.251 e. The van der Waals surface area contributed by atoms with Gasteiger partial charge in [-0.2, -0.15) is 14.1 Å². The number of imidazole rings is 2. The Morgan fingerprint density at radius 3 is 1.86 bits per heavy atom. The van der Waals surface area contributed by atoms with Crippen LogP contribution in [0.4, 0.5) is 0 Å². The van der Waals surface area contributed by atoms with E-state index in [4.69, 9.17) is 12.8 Å². The third-order valence-electron chi connectivity index (χ3n) is 3.18. The molecule has 106 valence electrons. The Balaban J connectivity index is 1.91. The van der Waals surface area contributed by atoms with Crippen molar-refractivity contribution in [2.75, 3.05) is 0 Å². The van der Waals surface area contributed by atoms with E-state index < -0.39 is 0 Å². The molecule has 0 amide bonds. The molecule has 0 aromatic carbocycles. The number of nitrogens with zero attached hydrogens (tertiary/aromatic N) is 5. The first kappa shape index (κ1) is 13.7. The average molecular weight is 289 g/mol. The lowest BCUT2D eigenvalue weighted by Crippen LogP contribution is -2.30. The molecule has 0 aliphatic heterocycles. The van der Waals surface area contributed by atoms with Gasteiger partial charge in [-0.15, -0.1) is 12.8 Å². The standard InChI is InChI=1S/C17H15N5/c1-3-8-19-10-12-21(14-19)16-6-5-7-17(18-16)22-13-11-20(15-22)9-4-2/h1-2,5-7,10-15H,8-9H2/q+2. The van der Waals surface area contributed by atoms with E-state index in [0.717, 1.165) is 11.6 Å². The van der Waals surface area contributed by atoms with E-state index in [2.05, 4.69) is 16.8 Å². The number of pyridine rings is 1. The molecule has 0 fully saturated rings.